The molecule has 2 aliphatic carbocycles. The van der Waals surface area contributed by atoms with Crippen molar-refractivity contribution in [3.63, 3.8) is 0 Å². The highest BCUT2D eigenvalue weighted by Crippen LogP contribution is 2.45. The first-order valence-electron chi connectivity index (χ1n) is 18.6. The average molecular weight is 830 g/mol. The van der Waals surface area contributed by atoms with Gasteiger partial charge in [0.05, 0.1) is 26.7 Å². The van der Waals surface area contributed by atoms with E-state index < -0.39 is 48.2 Å². The van der Waals surface area contributed by atoms with Crippen molar-refractivity contribution in [3.8, 4) is 11.5 Å². The molecule has 1 saturated heterocycles. The molecule has 292 valence electrons. The van der Waals surface area contributed by atoms with Gasteiger partial charge in [0, 0.05) is 49.0 Å². The molecular formula is C40H41BrN6O9. The molecule has 4 heterocycles. The molecule has 0 radical (unpaired) electrons. The molecule has 5 N–H and O–H groups in total. The van der Waals surface area contributed by atoms with Gasteiger partial charge in [0.2, 0.25) is 6.29 Å². The Kier molecular flexibility index (Phi) is 10.0. The third-order valence-electron chi connectivity index (χ3n) is 11.4. The highest BCUT2D eigenvalue weighted by Gasteiger charge is 2.48. The predicted octanol–water partition coefficient (Wildman–Crippen LogP) is 4.20. The first-order valence-corrected chi connectivity index (χ1v) is 19.4. The van der Waals surface area contributed by atoms with Crippen molar-refractivity contribution < 1.29 is 44.3 Å². The summed E-state index contributed by atoms with van der Waals surface area (Å²) in [6, 6.07) is 11.3. The van der Waals surface area contributed by atoms with E-state index in [0.717, 1.165) is 51.9 Å². The van der Waals surface area contributed by atoms with Crippen LogP contribution in [0.25, 0.3) is 39.5 Å². The molecule has 3 aliphatic rings. The number of nitrogens with one attached hydrogen (secondary N) is 1. The van der Waals surface area contributed by atoms with Crippen LogP contribution in [-0.4, -0.2) is 93.1 Å². The second-order valence-corrected chi connectivity index (χ2v) is 15.8. The number of benzene rings is 2. The van der Waals surface area contributed by atoms with Crippen molar-refractivity contribution in [1.29, 1.82) is 0 Å². The quantitative estimate of drug-likeness (QED) is 0.105. The van der Waals surface area contributed by atoms with E-state index in [1.807, 2.05) is 36.9 Å². The van der Waals surface area contributed by atoms with Crippen LogP contribution in [0.5, 0.6) is 0 Å². The topological polar surface area (TPSA) is 211 Å². The molecule has 0 spiro atoms. The molecule has 3 aromatic heterocycles. The molecule has 3 fully saturated rings. The lowest BCUT2D eigenvalue weighted by Gasteiger charge is -2.41. The van der Waals surface area contributed by atoms with Gasteiger partial charge < -0.3 is 44.4 Å². The van der Waals surface area contributed by atoms with E-state index in [-0.39, 0.29) is 5.91 Å². The number of carboxylic acid groups (broad SMARTS) is 1. The smallest absolute Gasteiger partial charge is 0.335 e. The number of ether oxygens (including phenoxy) is 2. The fourth-order valence-corrected chi connectivity index (χ4v) is 8.57. The predicted molar refractivity (Wildman–Crippen MR) is 206 cm³/mol. The molecular weight excluding hydrogens is 788 g/mol. The van der Waals surface area contributed by atoms with Crippen LogP contribution in [0.1, 0.15) is 78.2 Å². The van der Waals surface area contributed by atoms with Crippen molar-refractivity contribution in [2.24, 2.45) is 14.1 Å². The monoisotopic (exact) mass is 828 g/mol. The number of carboxylic acids is 1. The van der Waals surface area contributed by atoms with Crippen molar-refractivity contribution in [2.75, 3.05) is 0 Å². The summed E-state index contributed by atoms with van der Waals surface area (Å²) in [6.45, 7) is 0. The van der Waals surface area contributed by atoms with Gasteiger partial charge in [0.15, 0.2) is 11.9 Å². The van der Waals surface area contributed by atoms with Crippen molar-refractivity contribution >= 4 is 61.8 Å². The molecule has 5 atom stereocenters. The maximum absolute atomic E-state index is 14.1. The van der Waals surface area contributed by atoms with Crippen molar-refractivity contribution in [2.45, 2.75) is 87.1 Å². The van der Waals surface area contributed by atoms with Gasteiger partial charge >= 0.3 is 11.9 Å². The maximum Gasteiger partial charge on any atom is 0.335 e. The number of hydrogen-bond donors (Lipinski definition) is 5. The first-order chi connectivity index (χ1) is 26.8. The summed E-state index contributed by atoms with van der Waals surface area (Å²) in [6.07, 6.45) is 3.59. The summed E-state index contributed by atoms with van der Waals surface area (Å²) in [4.78, 5) is 52.3. The number of carbonyl (C=O) groups excluding carboxylic acids is 2. The summed E-state index contributed by atoms with van der Waals surface area (Å²) in [7, 11) is 3.89. The van der Waals surface area contributed by atoms with Crippen molar-refractivity contribution in [3.05, 3.63) is 81.9 Å². The molecule has 1 aliphatic heterocycles. The zero-order valence-corrected chi connectivity index (χ0v) is 32.2. The Bertz CT molecular complexity index is 2380. The Morgan fingerprint density at radius 2 is 1.68 bits per heavy atom. The van der Waals surface area contributed by atoms with E-state index >= 15 is 0 Å². The summed E-state index contributed by atoms with van der Waals surface area (Å²) in [5.74, 6) is -0.996. The van der Waals surface area contributed by atoms with Gasteiger partial charge in [-0.05, 0) is 95.4 Å². The van der Waals surface area contributed by atoms with Crippen LogP contribution in [0.15, 0.2) is 59.3 Å². The van der Waals surface area contributed by atoms with E-state index in [2.05, 4.69) is 41.8 Å². The minimum atomic E-state index is -1.91. The minimum Gasteiger partial charge on any atom is -0.479 e. The largest absolute Gasteiger partial charge is 0.479 e. The van der Waals surface area contributed by atoms with Crippen LogP contribution < -0.4 is 5.32 Å². The Morgan fingerprint density at radius 1 is 0.946 bits per heavy atom. The van der Waals surface area contributed by atoms with Gasteiger partial charge in [0.1, 0.15) is 24.1 Å². The number of hydrogen-bond acceptors (Lipinski definition) is 11. The highest BCUT2D eigenvalue weighted by atomic mass is 79.9. The lowest BCUT2D eigenvalue weighted by Crippen LogP contribution is -2.60. The molecule has 8 rings (SSSR count). The number of carbonyl (C=O) groups is 3. The highest BCUT2D eigenvalue weighted by molar-refractivity contribution is 9.10. The Hall–Kier alpha value is -5.00. The van der Waals surface area contributed by atoms with Crippen LogP contribution >= 0.6 is 15.9 Å². The van der Waals surface area contributed by atoms with Gasteiger partial charge in [-0.25, -0.2) is 24.5 Å². The molecule has 56 heavy (non-hydrogen) atoms. The molecule has 1 amide bonds. The van der Waals surface area contributed by atoms with Crippen LogP contribution in [0.4, 0.5) is 0 Å². The standard InChI is InChI=1S/C40H41BrN6O9/c1-46-26-17-22(10-11-24(26)29(21-6-3-4-7-21)30(46)35-42-18-23(41)19-43-35)36(52)45-40(14-5-15-40)39-44-25-12-8-20(16-27(25)47(39)2)9-13-28(48)55-38-33(51)31(49)32(50)34(56-38)37(53)54/h8-13,16-19,21,31-34,38,49-51H,3-7,14-15H2,1-2H3,(H,45,52)(H,53,54)/b13-9+/t31-,32-,33+,34-,38+/m0/s1. The fourth-order valence-electron chi connectivity index (χ4n) is 8.37. The number of imidazole rings is 1. The first kappa shape index (κ1) is 37.9. The van der Waals surface area contributed by atoms with Gasteiger partial charge in [-0.1, -0.05) is 25.0 Å². The number of aliphatic carboxylic acids is 1. The number of fused-ring (bicyclic) bond motifs is 2. The van der Waals surface area contributed by atoms with E-state index in [0.29, 0.717) is 47.1 Å². The van der Waals surface area contributed by atoms with Gasteiger partial charge in [0.25, 0.3) is 5.91 Å². The summed E-state index contributed by atoms with van der Waals surface area (Å²) >= 11 is 3.45. The number of aryl methyl sites for hydroxylation is 2. The second-order valence-electron chi connectivity index (χ2n) is 14.9. The van der Waals surface area contributed by atoms with Crippen LogP contribution in [0.3, 0.4) is 0 Å². The summed E-state index contributed by atoms with van der Waals surface area (Å²) in [5.41, 5.74) is 5.08. The van der Waals surface area contributed by atoms with E-state index in [1.165, 1.54) is 24.5 Å². The number of rotatable bonds is 9. The van der Waals surface area contributed by atoms with Crippen LogP contribution in [0.2, 0.25) is 0 Å². The molecule has 0 unspecified atom stereocenters. The van der Waals surface area contributed by atoms with Crippen LogP contribution in [-0.2, 0) is 38.7 Å². The number of nitrogens with zero attached hydrogens (tertiary/aromatic N) is 5. The molecule has 2 saturated carbocycles. The Morgan fingerprint density at radius 3 is 2.36 bits per heavy atom. The Balaban J connectivity index is 1.02. The number of halogens is 1. The lowest BCUT2D eigenvalue weighted by atomic mass is 9.75. The zero-order valence-electron chi connectivity index (χ0n) is 30.6. The number of aliphatic hydroxyl groups is 3. The maximum atomic E-state index is 14.1. The zero-order chi connectivity index (χ0) is 39.5. The number of amides is 1. The fraction of sp³-hybridized carbons (Fsp3) is 0.400. The van der Waals surface area contributed by atoms with Gasteiger partial charge in [-0.3, -0.25) is 4.79 Å². The molecule has 5 aromatic rings. The van der Waals surface area contributed by atoms with Gasteiger partial charge in [-0.2, -0.15) is 0 Å². The van der Waals surface area contributed by atoms with E-state index in [4.69, 9.17) is 14.5 Å². The molecule has 0 bridgehead atoms. The van der Waals surface area contributed by atoms with Crippen LogP contribution in [0, 0.1) is 0 Å². The summed E-state index contributed by atoms with van der Waals surface area (Å²) in [5, 5.41) is 43.8. The molecule has 15 nitrogen and oxygen atoms in total. The molecule has 2 aromatic carbocycles. The van der Waals surface area contributed by atoms with Gasteiger partial charge in [-0.15, -0.1) is 0 Å². The SMILES string of the molecule is Cn1c(C2(NC(=O)c3ccc4c(C5CCCC5)c(-c5ncc(Br)cn5)n(C)c4c3)CCC2)nc2ccc(/C=C/C(=O)O[C@@H]3O[C@H](C(=O)O)[C@@H](O)[C@H](O)[C@H]3O)cc21. The van der Waals surface area contributed by atoms with E-state index in [1.54, 1.807) is 24.5 Å². The molecule has 16 heteroatoms. The minimum absolute atomic E-state index is 0.199. The third kappa shape index (κ3) is 6.68. The normalized spacial score (nSPS) is 23.8. The Labute approximate surface area is 329 Å². The average Bonchev–Trinajstić information content (AvgIpc) is 3.89. The number of aromatic nitrogens is 5. The summed E-state index contributed by atoms with van der Waals surface area (Å²) < 4.78 is 14.9. The van der Waals surface area contributed by atoms with E-state index in [9.17, 15) is 34.8 Å². The second kappa shape index (κ2) is 14.8. The lowest BCUT2D eigenvalue weighted by molar-refractivity contribution is -0.284. The third-order valence-corrected chi connectivity index (χ3v) is 11.9. The number of aliphatic hydroxyl groups excluding tert-OH is 3. The number of esters is 1. The van der Waals surface area contributed by atoms with Crippen molar-refractivity contribution in [1.82, 2.24) is 29.4 Å².